The van der Waals surface area contributed by atoms with E-state index in [9.17, 15) is 0 Å². The number of hydrogen-bond acceptors (Lipinski definition) is 4. The Morgan fingerprint density at radius 2 is 1.12 bits per heavy atom. The molecule has 3 heterocycles. The molecule has 0 bridgehead atoms. The van der Waals surface area contributed by atoms with E-state index in [4.69, 9.17) is 9.97 Å². The molecule has 0 saturated carbocycles. The smallest absolute Gasteiger partial charge is 0.0985 e. The Bertz CT molecular complexity index is 929. The van der Waals surface area contributed by atoms with Gasteiger partial charge in [-0.15, -0.1) is 22.7 Å². The first kappa shape index (κ1) is 28.0. The molecule has 2 nitrogen and oxygen atoms in total. The van der Waals surface area contributed by atoms with E-state index in [0.29, 0.717) is 0 Å². The van der Waals surface area contributed by atoms with Gasteiger partial charge in [-0.3, -0.25) is 9.97 Å². The minimum absolute atomic E-state index is 0.757. The van der Waals surface area contributed by atoms with Gasteiger partial charge in [0.15, 0.2) is 0 Å². The quantitative estimate of drug-likeness (QED) is 0.178. The predicted molar refractivity (Wildman–Crippen MR) is 158 cm³/mol. The molecule has 0 radical (unpaired) electrons. The first-order valence-corrected chi connectivity index (χ1v) is 16.1. The Morgan fingerprint density at radius 3 is 1.44 bits per heavy atom. The molecule has 3 rings (SSSR count). The summed E-state index contributed by atoms with van der Waals surface area (Å²) < 4.78 is 2.48. The highest BCUT2D eigenvalue weighted by Crippen LogP contribution is 2.39. The molecule has 3 aromatic rings. The van der Waals surface area contributed by atoms with E-state index in [1.807, 2.05) is 12.4 Å². The molecule has 0 spiro atoms. The van der Waals surface area contributed by atoms with Gasteiger partial charge in [0.05, 0.1) is 41.1 Å². The summed E-state index contributed by atoms with van der Waals surface area (Å²) in [5.74, 6) is 1.51. The van der Waals surface area contributed by atoms with Crippen LogP contribution in [0.5, 0.6) is 0 Å². The lowest BCUT2D eigenvalue weighted by Gasteiger charge is -2.13. The van der Waals surface area contributed by atoms with Gasteiger partial charge < -0.3 is 0 Å². The summed E-state index contributed by atoms with van der Waals surface area (Å²) in [5, 5.41) is 0. The van der Waals surface area contributed by atoms with Crippen LogP contribution in [0.15, 0.2) is 32.1 Å². The minimum atomic E-state index is 0.757. The van der Waals surface area contributed by atoms with Crippen molar-refractivity contribution in [2.75, 3.05) is 0 Å². The van der Waals surface area contributed by atoms with Crippen molar-refractivity contribution in [2.24, 2.45) is 11.8 Å². The lowest BCUT2D eigenvalue weighted by atomic mass is 9.93. The van der Waals surface area contributed by atoms with E-state index >= 15 is 0 Å². The van der Waals surface area contributed by atoms with Crippen LogP contribution in [0.25, 0.3) is 21.1 Å². The Hall–Kier alpha value is -0.560. The summed E-state index contributed by atoms with van der Waals surface area (Å²) >= 11 is 11.2. The Balaban J connectivity index is 1.71. The molecule has 0 aromatic carbocycles. The van der Waals surface area contributed by atoms with Crippen molar-refractivity contribution in [2.45, 2.75) is 91.9 Å². The van der Waals surface area contributed by atoms with Crippen molar-refractivity contribution < 1.29 is 0 Å². The van der Waals surface area contributed by atoms with Crippen LogP contribution < -0.4 is 0 Å². The molecule has 3 aromatic heterocycles. The molecular weight excluding hydrogens is 588 g/mol. The van der Waals surface area contributed by atoms with Crippen molar-refractivity contribution in [3.05, 3.63) is 43.2 Å². The highest BCUT2D eigenvalue weighted by molar-refractivity contribution is 9.11. The third-order valence-corrected chi connectivity index (χ3v) is 10.7. The molecule has 0 saturated heterocycles. The van der Waals surface area contributed by atoms with Gasteiger partial charge in [-0.25, -0.2) is 0 Å². The van der Waals surface area contributed by atoms with Gasteiger partial charge in [-0.2, -0.15) is 0 Å². The predicted octanol–water partition coefficient (Wildman–Crippen LogP) is 11.0. The lowest BCUT2D eigenvalue weighted by Crippen LogP contribution is -2.03. The van der Waals surface area contributed by atoms with Crippen LogP contribution in [0.3, 0.4) is 0 Å². The largest absolute Gasteiger partial charge is 0.251 e. The number of halogens is 2. The second-order valence-electron chi connectivity index (χ2n) is 9.35. The SMILES string of the molecule is CCCCC(CC)Cc1cc(-c2cnc(-c3cc(CC(CC)CCCC)c(Br)s3)cn2)sc1Br. The Labute approximate surface area is 231 Å². The molecule has 2 unspecified atom stereocenters. The van der Waals surface area contributed by atoms with E-state index in [1.54, 1.807) is 22.7 Å². The highest BCUT2D eigenvalue weighted by atomic mass is 79.9. The summed E-state index contributed by atoms with van der Waals surface area (Å²) in [4.78, 5) is 12.0. The van der Waals surface area contributed by atoms with Crippen LogP contribution in [0.2, 0.25) is 0 Å². The number of nitrogens with zero attached hydrogens (tertiary/aromatic N) is 2. The zero-order valence-electron chi connectivity index (χ0n) is 21.0. The summed E-state index contributed by atoms with van der Waals surface area (Å²) in [7, 11) is 0. The average molecular weight is 627 g/mol. The molecular formula is C28H38Br2N2S2. The molecule has 0 aliphatic rings. The fraction of sp³-hybridized carbons (Fsp3) is 0.571. The second-order valence-corrected chi connectivity index (χ2v) is 14.1. The fourth-order valence-electron chi connectivity index (χ4n) is 4.44. The third-order valence-electron chi connectivity index (χ3n) is 6.78. The molecule has 0 aliphatic heterocycles. The number of thiophene rings is 2. The summed E-state index contributed by atoms with van der Waals surface area (Å²) in [6.07, 6.45) is 16.4. The number of unbranched alkanes of at least 4 members (excludes halogenated alkanes) is 2. The molecule has 6 heteroatoms. The van der Waals surface area contributed by atoms with Crippen LogP contribution in [-0.4, -0.2) is 9.97 Å². The van der Waals surface area contributed by atoms with Crippen molar-refractivity contribution in [1.29, 1.82) is 0 Å². The average Bonchev–Trinajstić information content (AvgIpc) is 3.41. The number of hydrogen-bond donors (Lipinski definition) is 0. The van der Waals surface area contributed by atoms with Gasteiger partial charge in [0.2, 0.25) is 0 Å². The molecule has 0 N–H and O–H groups in total. The molecule has 0 fully saturated rings. The minimum Gasteiger partial charge on any atom is -0.251 e. The van der Waals surface area contributed by atoms with Gasteiger partial charge in [-0.05, 0) is 79.8 Å². The molecule has 2 atom stereocenters. The third kappa shape index (κ3) is 7.72. The molecule has 0 amide bonds. The number of rotatable bonds is 14. The van der Waals surface area contributed by atoms with Crippen molar-refractivity contribution in [1.82, 2.24) is 9.97 Å². The summed E-state index contributed by atoms with van der Waals surface area (Å²) in [5.41, 5.74) is 4.75. The van der Waals surface area contributed by atoms with Gasteiger partial charge >= 0.3 is 0 Å². The summed E-state index contributed by atoms with van der Waals surface area (Å²) in [6, 6.07) is 4.63. The maximum atomic E-state index is 4.80. The van der Waals surface area contributed by atoms with E-state index < -0.39 is 0 Å². The van der Waals surface area contributed by atoms with Crippen LogP contribution in [0.1, 0.15) is 90.2 Å². The first-order valence-electron chi connectivity index (χ1n) is 12.9. The van der Waals surface area contributed by atoms with E-state index in [1.165, 1.54) is 79.8 Å². The maximum Gasteiger partial charge on any atom is 0.0985 e. The van der Waals surface area contributed by atoms with Gasteiger partial charge in [0, 0.05) is 0 Å². The molecule has 186 valence electrons. The molecule has 34 heavy (non-hydrogen) atoms. The monoisotopic (exact) mass is 624 g/mol. The second kappa shape index (κ2) is 14.2. The Kier molecular flexibility index (Phi) is 11.7. The van der Waals surface area contributed by atoms with Crippen molar-refractivity contribution in [3.8, 4) is 21.1 Å². The fourth-order valence-corrected chi connectivity index (χ4v) is 7.79. The normalized spacial score (nSPS) is 13.4. The zero-order valence-corrected chi connectivity index (χ0v) is 25.8. The first-order chi connectivity index (χ1) is 16.5. The zero-order chi connectivity index (χ0) is 24.5. The van der Waals surface area contributed by atoms with Crippen LogP contribution in [-0.2, 0) is 12.8 Å². The maximum absolute atomic E-state index is 4.80. The number of aromatic nitrogens is 2. The standard InChI is InChI=1S/C28H38Br2N2S2/c1-5-9-11-19(7-3)13-21-15-25(33-27(21)29)23-17-32-24(18-31-23)26-16-22(28(30)34-26)14-20(8-4)12-10-6-2/h15-20H,5-14H2,1-4H3. The van der Waals surface area contributed by atoms with Gasteiger partial charge in [-0.1, -0.05) is 79.1 Å². The summed E-state index contributed by atoms with van der Waals surface area (Å²) in [6.45, 7) is 9.18. The molecule has 0 aliphatic carbocycles. The van der Waals surface area contributed by atoms with Gasteiger partial charge in [0.1, 0.15) is 0 Å². The van der Waals surface area contributed by atoms with Crippen LogP contribution in [0, 0.1) is 11.8 Å². The Morgan fingerprint density at radius 1 is 0.706 bits per heavy atom. The van der Waals surface area contributed by atoms with E-state index in [-0.39, 0.29) is 0 Å². The van der Waals surface area contributed by atoms with E-state index in [2.05, 4.69) is 71.7 Å². The van der Waals surface area contributed by atoms with Crippen molar-refractivity contribution in [3.63, 3.8) is 0 Å². The van der Waals surface area contributed by atoms with Crippen LogP contribution >= 0.6 is 54.5 Å². The highest BCUT2D eigenvalue weighted by Gasteiger charge is 2.17. The van der Waals surface area contributed by atoms with Gasteiger partial charge in [0.25, 0.3) is 0 Å². The van der Waals surface area contributed by atoms with Crippen LogP contribution in [0.4, 0.5) is 0 Å². The topological polar surface area (TPSA) is 25.8 Å². The van der Waals surface area contributed by atoms with E-state index in [0.717, 1.165) is 36.1 Å². The van der Waals surface area contributed by atoms with Crippen molar-refractivity contribution >= 4 is 54.5 Å². The lowest BCUT2D eigenvalue weighted by molar-refractivity contribution is 0.449.